The summed E-state index contributed by atoms with van der Waals surface area (Å²) in [5.41, 5.74) is 12.8. The summed E-state index contributed by atoms with van der Waals surface area (Å²) in [4.78, 5) is 36.4. The number of carbonyl (C=O) groups excluding carboxylic acids is 2. The van der Waals surface area contributed by atoms with Gasteiger partial charge in [-0.25, -0.2) is 0 Å². The van der Waals surface area contributed by atoms with Crippen LogP contribution in [-0.2, 0) is 30.1 Å². The molecule has 2 saturated heterocycles. The summed E-state index contributed by atoms with van der Waals surface area (Å²) in [6.45, 7) is 9.81. The molecule has 0 aromatic carbocycles. The molecule has 4 unspecified atom stereocenters. The molecule has 4 fully saturated rings. The van der Waals surface area contributed by atoms with Crippen LogP contribution in [0.4, 0.5) is 0 Å². The first-order valence-electron chi connectivity index (χ1n) is 18.1. The number of halogens is 2. The Balaban J connectivity index is 0.000000270. The fourth-order valence-corrected chi connectivity index (χ4v) is 9.81. The van der Waals surface area contributed by atoms with Crippen LogP contribution in [0.3, 0.4) is 0 Å². The Bertz CT molecular complexity index is 1340. The topological polar surface area (TPSA) is 155 Å². The zero-order chi connectivity index (χ0) is 36.1. The Morgan fingerprint density at radius 3 is 1.29 bits per heavy atom. The van der Waals surface area contributed by atoms with Gasteiger partial charge in [-0.3, -0.25) is 29.4 Å². The van der Waals surface area contributed by atoms with Crippen LogP contribution in [-0.4, -0.2) is 111 Å². The van der Waals surface area contributed by atoms with E-state index in [4.69, 9.17) is 30.4 Å². The van der Waals surface area contributed by atoms with E-state index in [1.165, 1.54) is 12.8 Å². The van der Waals surface area contributed by atoms with Crippen LogP contribution in [0.15, 0.2) is 36.7 Å². The molecule has 4 heterocycles. The van der Waals surface area contributed by atoms with Gasteiger partial charge in [0.25, 0.3) is 11.8 Å². The molecular weight excluding hydrogens is 707 g/mol. The molecule has 4 bridgehead atoms. The van der Waals surface area contributed by atoms with E-state index in [0.717, 1.165) is 76.2 Å². The SMILES string of the molecule is COC[C@@H](C)N1CC2CCCC(C1)C2(OC)c1ccnc(C(N)=O)c1.COC[C@H](C)N1CC2CCCC(C1)C2(OC)c1ccnc(C(N)=O)c1.Cl.Cl. The molecule has 2 aromatic heterocycles. The zero-order valence-electron chi connectivity index (χ0n) is 31.6. The van der Waals surface area contributed by atoms with E-state index < -0.39 is 11.8 Å². The van der Waals surface area contributed by atoms with Crippen LogP contribution < -0.4 is 11.5 Å². The highest BCUT2D eigenvalue weighted by Crippen LogP contribution is 2.53. The van der Waals surface area contributed by atoms with Gasteiger partial charge in [-0.2, -0.15) is 0 Å². The predicted octanol–water partition coefficient (Wildman–Crippen LogP) is 4.42. The highest BCUT2D eigenvalue weighted by molar-refractivity contribution is 5.91. The first-order chi connectivity index (χ1) is 24.0. The minimum atomic E-state index is -0.496. The average molecular weight is 768 g/mol. The lowest BCUT2D eigenvalue weighted by Gasteiger charge is -2.56. The summed E-state index contributed by atoms with van der Waals surface area (Å²) < 4.78 is 23.1. The second-order valence-electron chi connectivity index (χ2n) is 14.7. The van der Waals surface area contributed by atoms with Crippen LogP contribution in [0.2, 0.25) is 0 Å². The number of methoxy groups -OCH3 is 4. The molecule has 2 aliphatic heterocycles. The van der Waals surface area contributed by atoms with Crippen LogP contribution in [0.25, 0.3) is 0 Å². The molecule has 292 valence electrons. The number of amides is 2. The highest BCUT2D eigenvalue weighted by Gasteiger charge is 2.55. The van der Waals surface area contributed by atoms with Gasteiger partial charge in [0.15, 0.2) is 0 Å². The van der Waals surface area contributed by atoms with E-state index in [0.29, 0.717) is 47.1 Å². The summed E-state index contributed by atoms with van der Waals surface area (Å²) in [5, 5.41) is 0. The first-order valence-corrected chi connectivity index (χ1v) is 18.1. The Kier molecular flexibility index (Phi) is 16.3. The summed E-state index contributed by atoms with van der Waals surface area (Å²) >= 11 is 0. The molecule has 2 amide bonds. The monoisotopic (exact) mass is 766 g/mol. The van der Waals surface area contributed by atoms with Crippen molar-refractivity contribution in [1.82, 2.24) is 19.8 Å². The van der Waals surface area contributed by atoms with Crippen molar-refractivity contribution < 1.29 is 28.5 Å². The van der Waals surface area contributed by atoms with E-state index in [1.807, 2.05) is 24.3 Å². The van der Waals surface area contributed by atoms with Crippen molar-refractivity contribution in [2.75, 3.05) is 67.8 Å². The van der Waals surface area contributed by atoms with Gasteiger partial charge in [-0.05, 0) is 74.9 Å². The third kappa shape index (κ3) is 8.60. The van der Waals surface area contributed by atoms with E-state index in [2.05, 4.69) is 33.6 Å². The molecular formula is C38H60Cl2N6O6. The lowest BCUT2D eigenvalue weighted by molar-refractivity contribution is -0.175. The van der Waals surface area contributed by atoms with Crippen LogP contribution in [0.1, 0.15) is 84.5 Å². The number of piperidine rings is 2. The van der Waals surface area contributed by atoms with Crippen molar-refractivity contribution in [2.24, 2.45) is 35.1 Å². The largest absolute Gasteiger partial charge is 0.383 e. The summed E-state index contributed by atoms with van der Waals surface area (Å²) in [6, 6.07) is 8.39. The number of hydrogen-bond acceptors (Lipinski definition) is 10. The molecule has 52 heavy (non-hydrogen) atoms. The van der Waals surface area contributed by atoms with Crippen molar-refractivity contribution in [3.05, 3.63) is 59.2 Å². The van der Waals surface area contributed by atoms with Gasteiger partial charge in [0, 0.05) is 103 Å². The molecule has 4 aliphatic rings. The number of nitrogens with two attached hydrogens (primary N) is 2. The lowest BCUT2D eigenvalue weighted by Crippen LogP contribution is -2.61. The van der Waals surface area contributed by atoms with Crippen molar-refractivity contribution in [2.45, 2.75) is 75.7 Å². The van der Waals surface area contributed by atoms with Crippen LogP contribution >= 0.6 is 24.8 Å². The smallest absolute Gasteiger partial charge is 0.267 e. The Morgan fingerprint density at radius 2 is 1.02 bits per heavy atom. The fraction of sp³-hybridized carbons (Fsp3) is 0.684. The molecule has 14 heteroatoms. The normalized spacial score (nSPS) is 29.7. The molecule has 12 nitrogen and oxygen atoms in total. The van der Waals surface area contributed by atoms with Crippen molar-refractivity contribution in [3.63, 3.8) is 0 Å². The number of rotatable bonds is 12. The molecule has 2 aromatic rings. The van der Waals surface area contributed by atoms with Gasteiger partial charge in [-0.15, -0.1) is 24.8 Å². The van der Waals surface area contributed by atoms with E-state index in [9.17, 15) is 9.59 Å². The van der Waals surface area contributed by atoms with Gasteiger partial charge in [0.1, 0.15) is 22.6 Å². The number of pyridine rings is 2. The molecule has 6 rings (SSSR count). The number of hydrogen-bond donors (Lipinski definition) is 2. The second kappa shape index (κ2) is 19.3. The quantitative estimate of drug-likeness (QED) is 0.317. The van der Waals surface area contributed by atoms with Gasteiger partial charge < -0.3 is 30.4 Å². The van der Waals surface area contributed by atoms with Crippen molar-refractivity contribution in [1.29, 1.82) is 0 Å². The van der Waals surface area contributed by atoms with Crippen LogP contribution in [0.5, 0.6) is 0 Å². The number of ether oxygens (including phenoxy) is 4. The maximum absolute atomic E-state index is 11.6. The summed E-state index contributed by atoms with van der Waals surface area (Å²) in [7, 11) is 7.10. The van der Waals surface area contributed by atoms with E-state index in [1.54, 1.807) is 40.8 Å². The molecule has 6 atom stereocenters. The minimum Gasteiger partial charge on any atom is -0.383 e. The fourth-order valence-electron chi connectivity index (χ4n) is 9.81. The van der Waals surface area contributed by atoms with E-state index >= 15 is 0 Å². The minimum absolute atomic E-state index is 0. The lowest BCUT2D eigenvalue weighted by atomic mass is 9.62. The highest BCUT2D eigenvalue weighted by atomic mass is 35.5. The van der Waals surface area contributed by atoms with Crippen molar-refractivity contribution in [3.8, 4) is 0 Å². The Hall–Kier alpha value is -2.42. The van der Waals surface area contributed by atoms with Crippen LogP contribution in [0, 0.1) is 23.7 Å². The second-order valence-corrected chi connectivity index (χ2v) is 14.7. The maximum atomic E-state index is 11.6. The number of fused-ring (bicyclic) bond motifs is 4. The number of likely N-dealkylation sites (tertiary alicyclic amines) is 2. The number of aromatic nitrogens is 2. The third-order valence-electron chi connectivity index (χ3n) is 12.1. The standard InChI is InChI=1S/2C19H29N3O3.2ClH/c2*1-13(12-24-2)22-10-15-5-4-6-16(11-22)19(15,25-3)14-7-8-21-17(9-14)18(20)23;;/h2*7-9,13,15-16H,4-6,10-12H2,1-3H3,(H2,20,23);2*1H/t2*13-,15?,16?,19?;;/m10../s1. The van der Waals surface area contributed by atoms with E-state index in [-0.39, 0.29) is 36.0 Å². The average Bonchev–Trinajstić information content (AvgIpc) is 3.10. The van der Waals surface area contributed by atoms with Gasteiger partial charge in [0.05, 0.1) is 13.2 Å². The number of primary amides is 2. The zero-order valence-corrected chi connectivity index (χ0v) is 33.3. The molecule has 0 radical (unpaired) electrons. The molecule has 2 saturated carbocycles. The predicted molar refractivity (Wildman–Crippen MR) is 205 cm³/mol. The third-order valence-corrected chi connectivity index (χ3v) is 12.1. The summed E-state index contributed by atoms with van der Waals surface area (Å²) in [6.07, 6.45) is 10.3. The van der Waals surface area contributed by atoms with Gasteiger partial charge >= 0.3 is 0 Å². The molecule has 2 aliphatic carbocycles. The molecule has 0 spiro atoms. The Labute approximate surface area is 321 Å². The Morgan fingerprint density at radius 1 is 0.692 bits per heavy atom. The maximum Gasteiger partial charge on any atom is 0.267 e. The van der Waals surface area contributed by atoms with Gasteiger partial charge in [-0.1, -0.05) is 12.8 Å². The number of carbonyl (C=O) groups is 2. The molecule has 4 N–H and O–H groups in total. The summed E-state index contributed by atoms with van der Waals surface area (Å²) in [5.74, 6) is 0.536. The number of nitrogens with zero attached hydrogens (tertiary/aromatic N) is 4. The first kappa shape index (κ1) is 44.0. The van der Waals surface area contributed by atoms with Crippen molar-refractivity contribution >= 4 is 36.6 Å². The van der Waals surface area contributed by atoms with Gasteiger partial charge in [0.2, 0.25) is 0 Å².